The number of carbonyl (C=O) groups excluding carboxylic acids is 1. The van der Waals surface area contributed by atoms with Crippen molar-refractivity contribution in [1.29, 1.82) is 0 Å². The lowest BCUT2D eigenvalue weighted by Gasteiger charge is -2.08. The normalized spacial score (nSPS) is 10.4. The number of hydrogen-bond acceptors (Lipinski definition) is 3. The van der Waals surface area contributed by atoms with Gasteiger partial charge in [0.25, 0.3) is 0 Å². The summed E-state index contributed by atoms with van der Waals surface area (Å²) in [6, 6.07) is 5.58. The molecule has 0 saturated carbocycles. The summed E-state index contributed by atoms with van der Waals surface area (Å²) in [7, 11) is 0. The molecule has 0 aliphatic rings. The molecular weight excluding hydrogens is 204 g/mol. The molecule has 0 fully saturated rings. The highest BCUT2D eigenvalue weighted by molar-refractivity contribution is 5.77. The molecule has 0 aliphatic heterocycles. The summed E-state index contributed by atoms with van der Waals surface area (Å²) in [5.74, 6) is 0. The molecule has 1 aromatic carbocycles. The van der Waals surface area contributed by atoms with Gasteiger partial charge in [-0.25, -0.2) is 0 Å². The van der Waals surface area contributed by atoms with Crippen LogP contribution < -0.4 is 0 Å². The second kappa shape index (κ2) is 7.14. The molecule has 0 unspecified atom stereocenters. The Labute approximate surface area is 96.4 Å². The fourth-order valence-corrected chi connectivity index (χ4v) is 1.39. The van der Waals surface area contributed by atoms with E-state index in [4.69, 9.17) is 9.47 Å². The van der Waals surface area contributed by atoms with Crippen molar-refractivity contribution >= 4 is 6.29 Å². The summed E-state index contributed by atoms with van der Waals surface area (Å²) in [6.07, 6.45) is 1.92. The highest BCUT2D eigenvalue weighted by atomic mass is 16.5. The molecule has 1 radical (unpaired) electrons. The summed E-state index contributed by atoms with van der Waals surface area (Å²) in [5, 5.41) is 0. The third kappa shape index (κ3) is 3.76. The van der Waals surface area contributed by atoms with Crippen LogP contribution in [0.5, 0.6) is 0 Å². The molecule has 0 atom stereocenters. The smallest absolute Gasteiger partial charge is 0.233 e. The van der Waals surface area contributed by atoms with Gasteiger partial charge < -0.3 is 9.47 Å². The van der Waals surface area contributed by atoms with E-state index in [1.807, 2.05) is 32.3 Å². The minimum atomic E-state index is 0.445. The minimum Gasteiger partial charge on any atom is -0.377 e. The maximum atomic E-state index is 10.7. The molecule has 16 heavy (non-hydrogen) atoms. The summed E-state index contributed by atoms with van der Waals surface area (Å²) in [6.45, 7) is 6.20. The number of rotatable bonds is 7. The zero-order chi connectivity index (χ0) is 11.8. The molecule has 0 aliphatic carbocycles. The van der Waals surface area contributed by atoms with E-state index in [0.29, 0.717) is 32.0 Å². The molecule has 87 valence electrons. The molecule has 0 amide bonds. The molecule has 1 aromatic rings. The van der Waals surface area contributed by atoms with Crippen molar-refractivity contribution in [2.24, 2.45) is 0 Å². The summed E-state index contributed by atoms with van der Waals surface area (Å²) in [5.41, 5.74) is 2.48. The Morgan fingerprint density at radius 3 is 2.44 bits per heavy atom. The van der Waals surface area contributed by atoms with Crippen molar-refractivity contribution in [3.05, 3.63) is 34.9 Å². The quantitative estimate of drug-likeness (QED) is 0.708. The lowest BCUT2D eigenvalue weighted by Crippen LogP contribution is -2.00. The van der Waals surface area contributed by atoms with Crippen LogP contribution in [0.15, 0.2) is 18.2 Å². The fraction of sp³-hybridized carbons (Fsp3) is 0.462. The maximum absolute atomic E-state index is 10.7. The van der Waals surface area contributed by atoms with Crippen LogP contribution in [0.25, 0.3) is 0 Å². The first kappa shape index (κ1) is 12.9. The van der Waals surface area contributed by atoms with Crippen molar-refractivity contribution in [3.63, 3.8) is 0 Å². The minimum absolute atomic E-state index is 0.445. The van der Waals surface area contributed by atoms with Gasteiger partial charge in [-0.2, -0.15) is 0 Å². The molecule has 3 nitrogen and oxygen atoms in total. The zero-order valence-electron chi connectivity index (χ0n) is 9.79. The topological polar surface area (TPSA) is 35.5 Å². The Kier molecular flexibility index (Phi) is 5.75. The van der Waals surface area contributed by atoms with Crippen LogP contribution in [0.2, 0.25) is 0 Å². The molecule has 0 N–H and O–H groups in total. The Bertz CT molecular complexity index is 334. The zero-order valence-corrected chi connectivity index (χ0v) is 9.79. The third-order valence-electron chi connectivity index (χ3n) is 2.21. The fourth-order valence-electron chi connectivity index (χ4n) is 1.39. The molecule has 1 rings (SSSR count). The van der Waals surface area contributed by atoms with Crippen LogP contribution in [0.1, 0.15) is 30.5 Å². The Morgan fingerprint density at radius 1 is 1.12 bits per heavy atom. The van der Waals surface area contributed by atoms with E-state index in [1.54, 1.807) is 6.07 Å². The highest BCUT2D eigenvalue weighted by Gasteiger charge is 2.04. The number of ether oxygens (including phenoxy) is 2. The lowest BCUT2D eigenvalue weighted by molar-refractivity contribution is 0.130. The van der Waals surface area contributed by atoms with Gasteiger partial charge in [0, 0.05) is 18.8 Å². The van der Waals surface area contributed by atoms with Crippen LogP contribution in [0.3, 0.4) is 0 Å². The molecule has 0 spiro atoms. The van der Waals surface area contributed by atoms with Crippen LogP contribution in [0.4, 0.5) is 0 Å². The first-order valence-electron chi connectivity index (χ1n) is 5.47. The average molecular weight is 221 g/mol. The van der Waals surface area contributed by atoms with Crippen molar-refractivity contribution in [1.82, 2.24) is 0 Å². The Hall–Kier alpha value is -1.19. The largest absolute Gasteiger partial charge is 0.377 e. The summed E-state index contributed by atoms with van der Waals surface area (Å²) < 4.78 is 10.6. The van der Waals surface area contributed by atoms with Gasteiger partial charge in [0.15, 0.2) is 0 Å². The van der Waals surface area contributed by atoms with Crippen molar-refractivity contribution in [2.45, 2.75) is 27.1 Å². The molecule has 0 aromatic heterocycles. The van der Waals surface area contributed by atoms with Crippen LogP contribution in [-0.4, -0.2) is 19.5 Å². The predicted octanol–water partition coefficient (Wildman–Crippen LogP) is 2.22. The first-order chi connectivity index (χ1) is 7.81. The SMILES string of the molecule is CCOCc1ccc([C]=O)c(COCC)c1. The standard InChI is InChI=1S/C13H17O3/c1-3-15-9-11-5-6-12(8-14)13(7-11)10-16-4-2/h5-7H,3-4,9-10H2,1-2H3. The molecule has 3 heteroatoms. The number of hydrogen-bond donors (Lipinski definition) is 0. The second-order valence-electron chi connectivity index (χ2n) is 3.37. The predicted molar refractivity (Wildman–Crippen MR) is 61.9 cm³/mol. The lowest BCUT2D eigenvalue weighted by atomic mass is 10.1. The van der Waals surface area contributed by atoms with Gasteiger partial charge in [-0.15, -0.1) is 0 Å². The van der Waals surface area contributed by atoms with E-state index in [1.165, 1.54) is 0 Å². The second-order valence-corrected chi connectivity index (χ2v) is 3.37. The van der Waals surface area contributed by atoms with E-state index < -0.39 is 0 Å². The summed E-state index contributed by atoms with van der Waals surface area (Å²) in [4.78, 5) is 10.7. The maximum Gasteiger partial charge on any atom is 0.233 e. The van der Waals surface area contributed by atoms with Crippen molar-refractivity contribution in [3.8, 4) is 0 Å². The van der Waals surface area contributed by atoms with E-state index >= 15 is 0 Å². The Balaban J connectivity index is 2.78. The average Bonchev–Trinajstić information content (AvgIpc) is 2.33. The monoisotopic (exact) mass is 221 g/mol. The molecular formula is C13H17O3. The van der Waals surface area contributed by atoms with Gasteiger partial charge in [0.1, 0.15) is 0 Å². The molecule has 0 bridgehead atoms. The van der Waals surface area contributed by atoms with Crippen LogP contribution in [0, 0.1) is 0 Å². The van der Waals surface area contributed by atoms with Gasteiger partial charge in [-0.05, 0) is 25.0 Å². The van der Waals surface area contributed by atoms with E-state index in [-0.39, 0.29) is 0 Å². The van der Waals surface area contributed by atoms with Crippen LogP contribution >= 0.6 is 0 Å². The summed E-state index contributed by atoms with van der Waals surface area (Å²) >= 11 is 0. The van der Waals surface area contributed by atoms with E-state index in [9.17, 15) is 4.79 Å². The van der Waals surface area contributed by atoms with Gasteiger partial charge in [0.2, 0.25) is 6.29 Å². The third-order valence-corrected chi connectivity index (χ3v) is 2.21. The van der Waals surface area contributed by atoms with E-state index in [2.05, 4.69) is 0 Å². The van der Waals surface area contributed by atoms with Gasteiger partial charge >= 0.3 is 0 Å². The number of benzene rings is 1. The van der Waals surface area contributed by atoms with Gasteiger partial charge in [-0.1, -0.05) is 18.2 Å². The Morgan fingerprint density at radius 2 is 1.81 bits per heavy atom. The van der Waals surface area contributed by atoms with Gasteiger partial charge in [-0.3, -0.25) is 4.79 Å². The molecule has 0 saturated heterocycles. The van der Waals surface area contributed by atoms with Crippen molar-refractivity contribution < 1.29 is 14.3 Å². The van der Waals surface area contributed by atoms with Crippen molar-refractivity contribution in [2.75, 3.05) is 13.2 Å². The van der Waals surface area contributed by atoms with Crippen LogP contribution in [-0.2, 0) is 27.5 Å². The highest BCUT2D eigenvalue weighted by Crippen LogP contribution is 2.12. The molecule has 0 heterocycles. The van der Waals surface area contributed by atoms with Gasteiger partial charge in [0.05, 0.1) is 13.2 Å². The first-order valence-corrected chi connectivity index (χ1v) is 5.47. The van der Waals surface area contributed by atoms with E-state index in [0.717, 1.165) is 11.1 Å².